The molecule has 0 spiro atoms. The summed E-state index contributed by atoms with van der Waals surface area (Å²) >= 11 is 0. The maximum atomic E-state index is 12.3. The fourth-order valence-electron chi connectivity index (χ4n) is 2.88. The Balaban J connectivity index is 1.81. The molecule has 0 aliphatic rings. The van der Waals surface area contributed by atoms with Crippen LogP contribution in [0.3, 0.4) is 0 Å². The van der Waals surface area contributed by atoms with E-state index in [-0.39, 0.29) is 30.7 Å². The third-order valence-electron chi connectivity index (χ3n) is 4.41. The highest BCUT2D eigenvalue weighted by atomic mass is 16.5. The van der Waals surface area contributed by atoms with E-state index in [1.807, 2.05) is 30.3 Å². The lowest BCUT2D eigenvalue weighted by Gasteiger charge is -2.18. The molecule has 0 radical (unpaired) electrons. The van der Waals surface area contributed by atoms with Gasteiger partial charge in [-0.05, 0) is 43.2 Å². The van der Waals surface area contributed by atoms with Crippen molar-refractivity contribution in [3.8, 4) is 5.75 Å². The Hall–Kier alpha value is -3.19. The molecule has 0 heterocycles. The van der Waals surface area contributed by atoms with Crippen molar-refractivity contribution in [1.29, 1.82) is 0 Å². The fraction of sp³-hybridized carbons (Fsp3) is 0.318. The van der Waals surface area contributed by atoms with Gasteiger partial charge in [-0.2, -0.15) is 0 Å². The van der Waals surface area contributed by atoms with Gasteiger partial charge in [-0.3, -0.25) is 14.4 Å². The summed E-state index contributed by atoms with van der Waals surface area (Å²) in [7, 11) is 3.33. The largest absolute Gasteiger partial charge is 0.497 e. The molecule has 7 nitrogen and oxygen atoms in total. The quantitative estimate of drug-likeness (QED) is 0.543. The van der Waals surface area contributed by atoms with Crippen molar-refractivity contribution in [3.63, 3.8) is 0 Å². The van der Waals surface area contributed by atoms with Crippen LogP contribution in [-0.4, -0.2) is 50.9 Å². The van der Waals surface area contributed by atoms with Gasteiger partial charge in [0.1, 0.15) is 5.75 Å². The van der Waals surface area contributed by atoms with Gasteiger partial charge in [0, 0.05) is 5.69 Å². The number of Topliss-reactive ketones (excluding diaryl/α,β-unsaturated/α-hetero) is 1. The van der Waals surface area contributed by atoms with E-state index in [0.717, 1.165) is 10.5 Å². The van der Waals surface area contributed by atoms with Gasteiger partial charge >= 0.3 is 0 Å². The second kappa shape index (κ2) is 11.0. The molecule has 0 fully saturated rings. The first-order valence-electron chi connectivity index (χ1n) is 9.46. The molecule has 2 rings (SSSR count). The van der Waals surface area contributed by atoms with E-state index >= 15 is 0 Å². The highest BCUT2D eigenvalue weighted by Crippen LogP contribution is 2.14. The molecule has 0 bridgehead atoms. The molecule has 1 unspecified atom stereocenters. The number of methoxy groups -OCH3 is 1. The number of nitrogens with one attached hydrogen (secondary N) is 3. The summed E-state index contributed by atoms with van der Waals surface area (Å²) in [5.41, 5.74) is 1.64. The summed E-state index contributed by atoms with van der Waals surface area (Å²) in [5.74, 6) is 0.138. The number of quaternary nitrogens is 1. The maximum Gasteiger partial charge on any atom is 0.279 e. The average molecular weight is 398 g/mol. The van der Waals surface area contributed by atoms with Crippen molar-refractivity contribution in [2.24, 2.45) is 0 Å². The monoisotopic (exact) mass is 398 g/mol. The Morgan fingerprint density at radius 2 is 1.59 bits per heavy atom. The van der Waals surface area contributed by atoms with Gasteiger partial charge in [0.15, 0.2) is 18.9 Å². The zero-order chi connectivity index (χ0) is 21.2. The summed E-state index contributed by atoms with van der Waals surface area (Å²) in [6.07, 6.45) is 0.443. The number of amides is 2. The summed E-state index contributed by atoms with van der Waals surface area (Å²) in [5, 5.41) is 5.56. The topological polar surface area (TPSA) is 88.9 Å². The van der Waals surface area contributed by atoms with E-state index in [9.17, 15) is 14.4 Å². The zero-order valence-corrected chi connectivity index (χ0v) is 17.0. The van der Waals surface area contributed by atoms with Crippen molar-refractivity contribution >= 4 is 23.3 Å². The Bertz CT molecular complexity index is 822. The zero-order valence-electron chi connectivity index (χ0n) is 17.0. The van der Waals surface area contributed by atoms with Crippen LogP contribution in [0, 0.1) is 0 Å². The number of carbonyl (C=O) groups excluding carboxylic acids is 3. The molecule has 2 atom stereocenters. The number of ether oxygens (including phenoxy) is 1. The van der Waals surface area contributed by atoms with Gasteiger partial charge in [0.2, 0.25) is 0 Å². The van der Waals surface area contributed by atoms with Crippen LogP contribution in [0.2, 0.25) is 0 Å². The standard InChI is InChI=1S/C22H27N3O4/c1-16(26)20(13-17-7-5-4-6-8-17)24-22(28)15-25(2)14-21(27)23-18-9-11-19(29-3)12-10-18/h4-12,20H,13-15H2,1-3H3,(H,23,27)(H,24,28)/p+1/t20-/m0/s1. The molecule has 0 aliphatic heterocycles. The van der Waals surface area contributed by atoms with Crippen LogP contribution in [0.25, 0.3) is 0 Å². The van der Waals surface area contributed by atoms with E-state index < -0.39 is 6.04 Å². The smallest absolute Gasteiger partial charge is 0.279 e. The molecule has 7 heteroatoms. The molecule has 0 saturated heterocycles. The number of benzene rings is 2. The average Bonchev–Trinajstić information content (AvgIpc) is 2.68. The van der Waals surface area contributed by atoms with Crippen LogP contribution in [0.15, 0.2) is 54.6 Å². The minimum atomic E-state index is -0.578. The summed E-state index contributed by atoms with van der Waals surface area (Å²) in [4.78, 5) is 37.1. The Morgan fingerprint density at radius 1 is 0.966 bits per heavy atom. The van der Waals surface area contributed by atoms with Crippen LogP contribution in [0.4, 0.5) is 5.69 Å². The molecular weight excluding hydrogens is 370 g/mol. The molecule has 0 saturated carbocycles. The van der Waals surface area contributed by atoms with Crippen LogP contribution >= 0.6 is 0 Å². The number of hydrogen-bond donors (Lipinski definition) is 3. The van der Waals surface area contributed by atoms with E-state index in [1.54, 1.807) is 38.4 Å². The molecule has 0 aliphatic carbocycles. The molecular formula is C22H28N3O4+. The summed E-state index contributed by atoms with van der Waals surface area (Å²) in [6, 6.07) is 16.0. The predicted molar refractivity (Wildman–Crippen MR) is 111 cm³/mol. The molecule has 29 heavy (non-hydrogen) atoms. The highest BCUT2D eigenvalue weighted by molar-refractivity contribution is 5.92. The third kappa shape index (κ3) is 7.75. The van der Waals surface area contributed by atoms with Gasteiger partial charge in [0.05, 0.1) is 20.2 Å². The van der Waals surface area contributed by atoms with E-state index in [0.29, 0.717) is 17.9 Å². The lowest BCUT2D eigenvalue weighted by Crippen LogP contribution is -3.11. The second-order valence-electron chi connectivity index (χ2n) is 7.01. The number of carbonyl (C=O) groups is 3. The van der Waals surface area contributed by atoms with Gasteiger partial charge in [0.25, 0.3) is 11.8 Å². The summed E-state index contributed by atoms with van der Waals surface area (Å²) < 4.78 is 5.08. The summed E-state index contributed by atoms with van der Waals surface area (Å²) in [6.45, 7) is 1.68. The minimum Gasteiger partial charge on any atom is -0.497 e. The number of likely N-dealkylation sites (N-methyl/N-ethyl adjacent to an activating group) is 1. The van der Waals surface area contributed by atoms with Crippen molar-refractivity contribution in [3.05, 3.63) is 60.2 Å². The molecule has 2 aromatic rings. The van der Waals surface area contributed by atoms with E-state index in [2.05, 4.69) is 10.6 Å². The predicted octanol–water partition coefficient (Wildman–Crippen LogP) is 0.465. The molecule has 154 valence electrons. The third-order valence-corrected chi connectivity index (χ3v) is 4.41. The van der Waals surface area contributed by atoms with E-state index in [4.69, 9.17) is 4.74 Å². The van der Waals surface area contributed by atoms with Crippen LogP contribution in [0.5, 0.6) is 5.75 Å². The minimum absolute atomic E-state index is 0.0919. The Labute approximate surface area is 171 Å². The lowest BCUT2D eigenvalue weighted by atomic mass is 10.0. The lowest BCUT2D eigenvalue weighted by molar-refractivity contribution is -0.862. The number of rotatable bonds is 10. The molecule has 3 N–H and O–H groups in total. The van der Waals surface area contributed by atoms with E-state index in [1.165, 1.54) is 6.92 Å². The van der Waals surface area contributed by atoms with Crippen molar-refractivity contribution in [2.75, 3.05) is 32.6 Å². The van der Waals surface area contributed by atoms with Gasteiger partial charge in [-0.25, -0.2) is 0 Å². The van der Waals surface area contributed by atoms with Gasteiger partial charge < -0.3 is 20.3 Å². The van der Waals surface area contributed by atoms with Crippen LogP contribution < -0.4 is 20.3 Å². The van der Waals surface area contributed by atoms with Crippen molar-refractivity contribution < 1.29 is 24.0 Å². The van der Waals surface area contributed by atoms with Crippen molar-refractivity contribution in [1.82, 2.24) is 5.32 Å². The first-order valence-corrected chi connectivity index (χ1v) is 9.46. The Morgan fingerprint density at radius 3 is 2.17 bits per heavy atom. The maximum absolute atomic E-state index is 12.3. The SMILES string of the molecule is COc1ccc(NC(=O)C[NH+](C)CC(=O)N[C@@H](Cc2ccccc2)C(C)=O)cc1. The van der Waals surface area contributed by atoms with Gasteiger partial charge in [-0.1, -0.05) is 30.3 Å². The Kier molecular flexibility index (Phi) is 8.36. The van der Waals surface area contributed by atoms with Crippen LogP contribution in [0.1, 0.15) is 12.5 Å². The number of anilines is 1. The molecule has 0 aromatic heterocycles. The number of hydrogen-bond acceptors (Lipinski definition) is 4. The molecule has 2 amide bonds. The van der Waals surface area contributed by atoms with Crippen LogP contribution in [-0.2, 0) is 20.8 Å². The highest BCUT2D eigenvalue weighted by Gasteiger charge is 2.20. The first kappa shape index (κ1) is 22.1. The number of ketones is 1. The molecule has 2 aromatic carbocycles. The van der Waals surface area contributed by atoms with Gasteiger partial charge in [-0.15, -0.1) is 0 Å². The first-order chi connectivity index (χ1) is 13.9. The normalized spacial score (nSPS) is 12.5. The second-order valence-corrected chi connectivity index (χ2v) is 7.01. The van der Waals surface area contributed by atoms with Crippen molar-refractivity contribution in [2.45, 2.75) is 19.4 Å². The fourth-order valence-corrected chi connectivity index (χ4v) is 2.88.